The van der Waals surface area contributed by atoms with Gasteiger partial charge in [-0.25, -0.2) is 4.68 Å². The number of nitrogens with zero attached hydrogens (tertiary/aromatic N) is 2. The number of halogens is 1. The zero-order valence-electron chi connectivity index (χ0n) is 13.9. The van der Waals surface area contributed by atoms with Crippen LogP contribution < -0.4 is 16.6 Å². The van der Waals surface area contributed by atoms with Gasteiger partial charge in [0, 0.05) is 13.1 Å². The van der Waals surface area contributed by atoms with Crippen molar-refractivity contribution in [2.45, 2.75) is 32.2 Å². The maximum atomic E-state index is 12.7. The minimum atomic E-state index is -0.226. The molecule has 1 fully saturated rings. The number of carbonyl (C=O) groups excluding carboxylic acids is 1. The van der Waals surface area contributed by atoms with Gasteiger partial charge in [0.2, 0.25) is 5.91 Å². The third-order valence-corrected chi connectivity index (χ3v) is 4.71. The molecule has 1 aromatic carbocycles. The van der Waals surface area contributed by atoms with Crippen molar-refractivity contribution in [1.29, 1.82) is 0 Å². The summed E-state index contributed by atoms with van der Waals surface area (Å²) in [7, 11) is 1.81. The Balaban J connectivity index is 0.00000208. The Morgan fingerprint density at radius 3 is 2.50 bits per heavy atom. The highest BCUT2D eigenvalue weighted by molar-refractivity contribution is 5.93. The van der Waals surface area contributed by atoms with E-state index in [1.54, 1.807) is 16.4 Å². The second-order valence-electron chi connectivity index (χ2n) is 6.13. The molecule has 0 saturated heterocycles. The van der Waals surface area contributed by atoms with Gasteiger partial charge in [0.1, 0.15) is 5.69 Å². The van der Waals surface area contributed by atoms with Crippen LogP contribution in [0.15, 0.2) is 35.1 Å². The van der Waals surface area contributed by atoms with Gasteiger partial charge in [0.05, 0.1) is 17.3 Å². The van der Waals surface area contributed by atoms with Crippen LogP contribution in [0, 0.1) is 12.8 Å². The molecule has 2 aromatic rings. The molecule has 0 spiro atoms. The Morgan fingerprint density at radius 2 is 1.92 bits per heavy atom. The number of nitrogens with one attached hydrogen (secondary N) is 1. The molecule has 1 heterocycles. The Kier molecular flexibility index (Phi) is 5.51. The highest BCUT2D eigenvalue weighted by atomic mass is 35.5. The SMILES string of the molecule is Cc1c(NC(=O)C2CCCC2N)c(=O)n(-c2ccccc2)n1C.Cl. The van der Waals surface area contributed by atoms with Crippen LogP contribution in [0.4, 0.5) is 5.69 Å². The summed E-state index contributed by atoms with van der Waals surface area (Å²) >= 11 is 0. The van der Waals surface area contributed by atoms with Crippen LogP contribution in [-0.4, -0.2) is 21.3 Å². The number of anilines is 1. The Hall–Kier alpha value is -2.05. The van der Waals surface area contributed by atoms with E-state index in [-0.39, 0.29) is 35.8 Å². The molecular weight excluding hydrogens is 328 g/mol. The lowest BCUT2D eigenvalue weighted by Gasteiger charge is -2.14. The molecule has 1 aliphatic rings. The van der Waals surface area contributed by atoms with Crippen molar-refractivity contribution >= 4 is 24.0 Å². The van der Waals surface area contributed by atoms with Crippen LogP contribution >= 0.6 is 12.4 Å². The van der Waals surface area contributed by atoms with Crippen LogP contribution in [0.1, 0.15) is 25.0 Å². The van der Waals surface area contributed by atoms with Crippen molar-refractivity contribution in [1.82, 2.24) is 9.36 Å². The molecule has 6 nitrogen and oxygen atoms in total. The number of benzene rings is 1. The van der Waals surface area contributed by atoms with E-state index in [9.17, 15) is 9.59 Å². The van der Waals surface area contributed by atoms with E-state index in [1.807, 2.05) is 37.3 Å². The van der Waals surface area contributed by atoms with Crippen LogP contribution in [0.2, 0.25) is 0 Å². The summed E-state index contributed by atoms with van der Waals surface area (Å²) in [6, 6.07) is 9.25. The zero-order chi connectivity index (χ0) is 16.6. The fraction of sp³-hybridized carbons (Fsp3) is 0.412. The normalized spacial score (nSPS) is 19.8. The lowest BCUT2D eigenvalue weighted by Crippen LogP contribution is -2.35. The number of aromatic nitrogens is 2. The van der Waals surface area contributed by atoms with Crippen molar-refractivity contribution in [3.05, 3.63) is 46.4 Å². The Bertz CT molecular complexity index is 782. The molecule has 7 heteroatoms. The Labute approximate surface area is 147 Å². The standard InChI is InChI=1S/C17H22N4O2.ClH/c1-11-15(19-16(22)13-9-6-10-14(13)18)17(23)21(20(11)2)12-7-4-3-5-8-12;/h3-5,7-8,13-14H,6,9-10,18H2,1-2H3,(H,19,22);1H. The smallest absolute Gasteiger partial charge is 0.295 e. The van der Waals surface area contributed by atoms with Gasteiger partial charge in [0.25, 0.3) is 5.56 Å². The number of rotatable bonds is 3. The summed E-state index contributed by atoms with van der Waals surface area (Å²) in [5.74, 6) is -0.361. The van der Waals surface area contributed by atoms with Gasteiger partial charge in [0.15, 0.2) is 0 Å². The molecule has 1 amide bonds. The molecule has 2 atom stereocenters. The first kappa shape index (κ1) is 18.3. The lowest BCUT2D eigenvalue weighted by atomic mass is 10.0. The first-order valence-electron chi connectivity index (χ1n) is 7.91. The van der Waals surface area contributed by atoms with E-state index < -0.39 is 0 Å². The van der Waals surface area contributed by atoms with Gasteiger partial charge in [-0.15, -0.1) is 12.4 Å². The number of carbonyl (C=O) groups is 1. The molecule has 0 radical (unpaired) electrons. The molecule has 24 heavy (non-hydrogen) atoms. The number of amides is 1. The monoisotopic (exact) mass is 350 g/mol. The van der Waals surface area contributed by atoms with Gasteiger partial charge in [-0.05, 0) is 31.9 Å². The molecule has 2 unspecified atom stereocenters. The first-order chi connectivity index (χ1) is 11.0. The molecule has 1 aromatic heterocycles. The number of hydrogen-bond donors (Lipinski definition) is 2. The highest BCUT2D eigenvalue weighted by Gasteiger charge is 2.31. The summed E-state index contributed by atoms with van der Waals surface area (Å²) in [6.07, 6.45) is 2.60. The van der Waals surface area contributed by atoms with Crippen molar-refractivity contribution in [3.8, 4) is 5.69 Å². The quantitative estimate of drug-likeness (QED) is 0.887. The molecule has 1 aliphatic carbocycles. The topological polar surface area (TPSA) is 82.1 Å². The van der Waals surface area contributed by atoms with Crippen molar-refractivity contribution in [2.75, 3.05) is 5.32 Å². The van der Waals surface area contributed by atoms with E-state index in [2.05, 4.69) is 5.32 Å². The third-order valence-electron chi connectivity index (χ3n) is 4.71. The zero-order valence-corrected chi connectivity index (χ0v) is 14.7. The summed E-state index contributed by atoms with van der Waals surface area (Å²) in [5.41, 5.74) is 7.58. The van der Waals surface area contributed by atoms with Gasteiger partial charge in [-0.3, -0.25) is 14.3 Å². The number of nitrogens with two attached hydrogens (primary N) is 1. The minimum Gasteiger partial charge on any atom is -0.327 e. The molecule has 0 aliphatic heterocycles. The molecule has 1 saturated carbocycles. The highest BCUT2D eigenvalue weighted by Crippen LogP contribution is 2.25. The predicted octanol–water partition coefficient (Wildman–Crippen LogP) is 1.97. The molecule has 0 bridgehead atoms. The summed E-state index contributed by atoms with van der Waals surface area (Å²) < 4.78 is 3.31. The van der Waals surface area contributed by atoms with Crippen molar-refractivity contribution in [2.24, 2.45) is 18.7 Å². The molecule has 3 rings (SSSR count). The maximum Gasteiger partial charge on any atom is 0.295 e. The second-order valence-corrected chi connectivity index (χ2v) is 6.13. The van der Waals surface area contributed by atoms with E-state index in [4.69, 9.17) is 5.73 Å². The van der Waals surface area contributed by atoms with E-state index in [0.29, 0.717) is 5.69 Å². The van der Waals surface area contributed by atoms with E-state index >= 15 is 0 Å². The van der Waals surface area contributed by atoms with Gasteiger partial charge in [-0.2, -0.15) is 0 Å². The average molecular weight is 351 g/mol. The fourth-order valence-electron chi connectivity index (χ4n) is 3.24. The Morgan fingerprint density at radius 1 is 1.25 bits per heavy atom. The number of para-hydroxylation sites is 1. The second kappa shape index (κ2) is 7.23. The summed E-state index contributed by atoms with van der Waals surface area (Å²) in [6.45, 7) is 1.82. The van der Waals surface area contributed by atoms with Crippen LogP contribution in [0.25, 0.3) is 5.69 Å². The van der Waals surface area contributed by atoms with Crippen LogP contribution in [0.3, 0.4) is 0 Å². The molecule has 130 valence electrons. The van der Waals surface area contributed by atoms with Crippen molar-refractivity contribution in [3.63, 3.8) is 0 Å². The summed E-state index contributed by atoms with van der Waals surface area (Å²) in [5, 5.41) is 2.81. The van der Waals surface area contributed by atoms with Gasteiger partial charge in [-0.1, -0.05) is 24.6 Å². The largest absolute Gasteiger partial charge is 0.327 e. The summed E-state index contributed by atoms with van der Waals surface area (Å²) in [4.78, 5) is 25.2. The predicted molar refractivity (Wildman–Crippen MR) is 96.9 cm³/mol. The lowest BCUT2D eigenvalue weighted by molar-refractivity contribution is -0.120. The van der Waals surface area contributed by atoms with Gasteiger partial charge < -0.3 is 11.1 Å². The van der Waals surface area contributed by atoms with E-state index in [0.717, 1.165) is 30.6 Å². The van der Waals surface area contributed by atoms with E-state index in [1.165, 1.54) is 0 Å². The van der Waals surface area contributed by atoms with Gasteiger partial charge >= 0.3 is 0 Å². The molecule has 3 N–H and O–H groups in total. The minimum absolute atomic E-state index is 0. The van der Waals surface area contributed by atoms with Crippen molar-refractivity contribution < 1.29 is 4.79 Å². The molecular formula is C17H23ClN4O2. The fourth-order valence-corrected chi connectivity index (χ4v) is 3.24. The maximum absolute atomic E-state index is 12.7. The first-order valence-corrected chi connectivity index (χ1v) is 7.91. The number of hydrogen-bond acceptors (Lipinski definition) is 3. The third kappa shape index (κ3) is 3.12. The van der Waals surface area contributed by atoms with Crippen LogP contribution in [-0.2, 0) is 11.8 Å². The van der Waals surface area contributed by atoms with Crippen LogP contribution in [0.5, 0.6) is 0 Å². The average Bonchev–Trinajstić information content (AvgIpc) is 3.06.